The Morgan fingerprint density at radius 3 is 2.42 bits per heavy atom. The van der Waals surface area contributed by atoms with Gasteiger partial charge in [0.15, 0.2) is 0 Å². The molecule has 106 valence electrons. The lowest BCUT2D eigenvalue weighted by Gasteiger charge is -2.48. The zero-order valence-electron chi connectivity index (χ0n) is 11.2. The Morgan fingerprint density at radius 2 is 1.79 bits per heavy atom. The van der Waals surface area contributed by atoms with E-state index in [9.17, 15) is 14.7 Å². The number of likely N-dealkylation sites (tertiary alicyclic amines) is 1. The van der Waals surface area contributed by atoms with Crippen LogP contribution in [0.3, 0.4) is 0 Å². The van der Waals surface area contributed by atoms with Gasteiger partial charge in [-0.2, -0.15) is 0 Å². The van der Waals surface area contributed by atoms with Crippen molar-refractivity contribution >= 4 is 11.9 Å². The van der Waals surface area contributed by atoms with Crippen LogP contribution in [-0.4, -0.2) is 39.5 Å². The molecular formula is C14H22N2O3. The lowest BCUT2D eigenvalue weighted by molar-refractivity contribution is -0.159. The quantitative estimate of drug-likeness (QED) is 0.784. The zero-order valence-corrected chi connectivity index (χ0v) is 11.2. The Morgan fingerprint density at radius 1 is 1.11 bits per heavy atom. The van der Waals surface area contributed by atoms with Gasteiger partial charge in [-0.05, 0) is 44.4 Å². The highest BCUT2D eigenvalue weighted by Gasteiger charge is 2.54. The van der Waals surface area contributed by atoms with Gasteiger partial charge in [-0.15, -0.1) is 0 Å². The first-order chi connectivity index (χ1) is 9.03. The molecule has 3 fully saturated rings. The predicted octanol–water partition coefficient (Wildman–Crippen LogP) is 1.11. The van der Waals surface area contributed by atoms with E-state index in [4.69, 9.17) is 5.73 Å². The van der Waals surface area contributed by atoms with Crippen LogP contribution in [-0.2, 0) is 9.59 Å². The van der Waals surface area contributed by atoms with Gasteiger partial charge < -0.3 is 15.7 Å². The molecule has 3 rings (SSSR count). The summed E-state index contributed by atoms with van der Waals surface area (Å²) in [6.07, 6.45) is 7.28. The van der Waals surface area contributed by atoms with Gasteiger partial charge in [-0.25, -0.2) is 4.79 Å². The maximum absolute atomic E-state index is 12.6. The number of carbonyl (C=O) groups excluding carboxylic acids is 1. The Kier molecular flexibility index (Phi) is 3.04. The Hall–Kier alpha value is -1.10. The molecule has 3 atom stereocenters. The van der Waals surface area contributed by atoms with Gasteiger partial charge in [0.05, 0.1) is 5.54 Å². The number of nitrogens with two attached hydrogens (primary N) is 1. The van der Waals surface area contributed by atoms with Gasteiger partial charge in [-0.3, -0.25) is 4.79 Å². The van der Waals surface area contributed by atoms with Gasteiger partial charge in [0.25, 0.3) is 0 Å². The first-order valence-electron chi connectivity index (χ1n) is 7.37. The van der Waals surface area contributed by atoms with Crippen molar-refractivity contribution in [3.05, 3.63) is 0 Å². The summed E-state index contributed by atoms with van der Waals surface area (Å²) < 4.78 is 0. The summed E-state index contributed by atoms with van der Waals surface area (Å²) in [6.45, 7) is 0. The van der Waals surface area contributed by atoms with Crippen LogP contribution in [0.5, 0.6) is 0 Å². The third-order valence-electron chi connectivity index (χ3n) is 5.11. The smallest absolute Gasteiger partial charge is 0.326 e. The zero-order chi connectivity index (χ0) is 13.6. The molecule has 0 bridgehead atoms. The van der Waals surface area contributed by atoms with Gasteiger partial charge >= 0.3 is 5.97 Å². The first-order valence-corrected chi connectivity index (χ1v) is 7.37. The van der Waals surface area contributed by atoms with Crippen LogP contribution in [0.4, 0.5) is 0 Å². The molecule has 0 aromatic rings. The molecular weight excluding hydrogens is 244 g/mol. The minimum Gasteiger partial charge on any atom is -0.480 e. The van der Waals surface area contributed by atoms with Gasteiger partial charge in [-0.1, -0.05) is 12.8 Å². The van der Waals surface area contributed by atoms with Crippen LogP contribution in [0.25, 0.3) is 0 Å². The number of nitrogens with zero attached hydrogens (tertiary/aromatic N) is 1. The fourth-order valence-electron chi connectivity index (χ4n) is 3.77. The summed E-state index contributed by atoms with van der Waals surface area (Å²) in [7, 11) is 0. The lowest BCUT2D eigenvalue weighted by atomic mass is 9.76. The number of amides is 1. The number of fused-ring (bicyclic) bond motifs is 1. The van der Waals surface area contributed by atoms with E-state index in [1.165, 1.54) is 6.42 Å². The fourth-order valence-corrected chi connectivity index (χ4v) is 3.77. The van der Waals surface area contributed by atoms with Crippen LogP contribution < -0.4 is 5.73 Å². The second-order valence-electron chi connectivity index (χ2n) is 6.41. The minimum atomic E-state index is -0.873. The number of rotatable bonds is 2. The molecule has 0 aromatic carbocycles. The number of carboxylic acids is 1. The molecule has 3 aliphatic rings. The van der Waals surface area contributed by atoms with Gasteiger partial charge in [0.2, 0.25) is 5.91 Å². The van der Waals surface area contributed by atoms with Crippen LogP contribution >= 0.6 is 0 Å². The molecule has 1 saturated heterocycles. The minimum absolute atomic E-state index is 0.108. The van der Waals surface area contributed by atoms with Gasteiger partial charge in [0, 0.05) is 6.04 Å². The Labute approximate surface area is 113 Å². The Bertz CT molecular complexity index is 405. The summed E-state index contributed by atoms with van der Waals surface area (Å²) in [6, 6.07) is -0.551. The maximum Gasteiger partial charge on any atom is 0.326 e. The van der Waals surface area contributed by atoms with Crippen molar-refractivity contribution < 1.29 is 14.7 Å². The van der Waals surface area contributed by atoms with E-state index in [0.29, 0.717) is 25.2 Å². The van der Waals surface area contributed by atoms with Crippen molar-refractivity contribution in [3.63, 3.8) is 0 Å². The van der Waals surface area contributed by atoms with E-state index in [1.54, 1.807) is 4.90 Å². The maximum atomic E-state index is 12.6. The summed E-state index contributed by atoms with van der Waals surface area (Å²) in [5.41, 5.74) is 5.26. The standard InChI is InChI=1S/C14H22N2O3/c15-14(7-8-14)13(19)16-10-4-2-1-3-9(10)5-6-11(16)12(17)18/h9-11H,1-8,15H2,(H,17,18). The van der Waals surface area contributed by atoms with Crippen molar-refractivity contribution in [2.45, 2.75) is 69.0 Å². The van der Waals surface area contributed by atoms with E-state index in [-0.39, 0.29) is 11.9 Å². The number of carboxylic acid groups (broad SMARTS) is 1. The van der Waals surface area contributed by atoms with Crippen molar-refractivity contribution in [2.75, 3.05) is 0 Å². The SMILES string of the molecule is NC1(C(=O)N2C(C(=O)O)CCC3CCCCC32)CC1. The van der Waals surface area contributed by atoms with E-state index in [1.807, 2.05) is 0 Å². The number of aliphatic carboxylic acids is 1. The van der Waals surface area contributed by atoms with E-state index in [0.717, 1.165) is 25.7 Å². The van der Waals surface area contributed by atoms with Crippen LogP contribution in [0, 0.1) is 5.92 Å². The molecule has 0 spiro atoms. The van der Waals surface area contributed by atoms with E-state index in [2.05, 4.69) is 0 Å². The Balaban J connectivity index is 1.87. The summed E-state index contributed by atoms with van der Waals surface area (Å²) in [5.74, 6) is -0.506. The molecule has 19 heavy (non-hydrogen) atoms. The molecule has 5 heteroatoms. The second kappa shape index (κ2) is 4.47. The summed E-state index contributed by atoms with van der Waals surface area (Å²) in [4.78, 5) is 25.7. The first kappa shape index (κ1) is 12.9. The number of hydrogen-bond acceptors (Lipinski definition) is 3. The largest absolute Gasteiger partial charge is 0.480 e. The average Bonchev–Trinajstić information content (AvgIpc) is 3.15. The monoisotopic (exact) mass is 266 g/mol. The van der Waals surface area contributed by atoms with Gasteiger partial charge in [0.1, 0.15) is 6.04 Å². The van der Waals surface area contributed by atoms with E-state index >= 15 is 0 Å². The number of piperidine rings is 1. The molecule has 1 heterocycles. The molecule has 5 nitrogen and oxygen atoms in total. The van der Waals surface area contributed by atoms with Crippen molar-refractivity contribution in [2.24, 2.45) is 11.7 Å². The number of hydrogen-bond donors (Lipinski definition) is 2. The summed E-state index contributed by atoms with van der Waals surface area (Å²) >= 11 is 0. The van der Waals surface area contributed by atoms with Crippen LogP contribution in [0.15, 0.2) is 0 Å². The highest BCUT2D eigenvalue weighted by Crippen LogP contribution is 2.42. The van der Waals surface area contributed by atoms with Crippen molar-refractivity contribution in [1.29, 1.82) is 0 Å². The predicted molar refractivity (Wildman–Crippen MR) is 69.4 cm³/mol. The molecule has 3 N–H and O–H groups in total. The topological polar surface area (TPSA) is 83.6 Å². The van der Waals surface area contributed by atoms with Crippen molar-refractivity contribution in [3.8, 4) is 0 Å². The highest BCUT2D eigenvalue weighted by molar-refractivity contribution is 5.92. The third kappa shape index (κ3) is 2.14. The lowest BCUT2D eigenvalue weighted by Crippen LogP contribution is -2.61. The highest BCUT2D eigenvalue weighted by atomic mass is 16.4. The molecule has 1 aliphatic heterocycles. The molecule has 3 unspecified atom stereocenters. The second-order valence-corrected chi connectivity index (χ2v) is 6.41. The molecule has 0 aromatic heterocycles. The molecule has 2 saturated carbocycles. The normalized spacial score (nSPS) is 36.5. The summed E-state index contributed by atoms with van der Waals surface area (Å²) in [5, 5.41) is 9.40. The van der Waals surface area contributed by atoms with Crippen LogP contribution in [0.1, 0.15) is 51.4 Å². The van der Waals surface area contributed by atoms with Crippen LogP contribution in [0.2, 0.25) is 0 Å². The molecule has 0 radical (unpaired) electrons. The fraction of sp³-hybridized carbons (Fsp3) is 0.857. The van der Waals surface area contributed by atoms with E-state index < -0.39 is 17.6 Å². The average molecular weight is 266 g/mol. The van der Waals surface area contributed by atoms with Crippen molar-refractivity contribution in [1.82, 2.24) is 4.90 Å². The third-order valence-corrected chi connectivity index (χ3v) is 5.11. The molecule has 2 aliphatic carbocycles. The molecule has 1 amide bonds. The number of carbonyl (C=O) groups is 2.